The van der Waals surface area contributed by atoms with E-state index in [9.17, 15) is 5.11 Å². The van der Waals surface area contributed by atoms with Crippen LogP contribution in [0.4, 0.5) is 0 Å². The van der Waals surface area contributed by atoms with Crippen LogP contribution in [0, 0.1) is 11.3 Å². The lowest BCUT2D eigenvalue weighted by Crippen LogP contribution is -2.27. The van der Waals surface area contributed by atoms with Gasteiger partial charge in [-0.3, -0.25) is 0 Å². The Bertz CT molecular complexity index is 373. The van der Waals surface area contributed by atoms with Crippen LogP contribution in [0.3, 0.4) is 0 Å². The molecule has 1 aliphatic rings. The first-order chi connectivity index (χ1) is 8.78. The molecule has 1 aliphatic carbocycles. The van der Waals surface area contributed by atoms with E-state index in [0.717, 1.165) is 6.42 Å². The van der Waals surface area contributed by atoms with Gasteiger partial charge >= 0.3 is 0 Å². The molecule has 2 nitrogen and oxygen atoms in total. The van der Waals surface area contributed by atoms with Crippen molar-refractivity contribution in [1.82, 2.24) is 0 Å². The second kappa shape index (κ2) is 6.42. The molecule has 0 saturated heterocycles. The molecule has 2 unspecified atom stereocenters. The van der Waals surface area contributed by atoms with E-state index in [1.165, 1.54) is 12.0 Å². The zero-order chi connectivity index (χ0) is 14.5. The van der Waals surface area contributed by atoms with Crippen LogP contribution in [0.2, 0.25) is 0 Å². The van der Waals surface area contributed by atoms with Crippen molar-refractivity contribution in [3.63, 3.8) is 0 Å². The van der Waals surface area contributed by atoms with Gasteiger partial charge in [-0.15, -0.1) is 0 Å². The lowest BCUT2D eigenvalue weighted by atomic mass is 9.68. The standard InChI is InChI=1S/C17H28O2/c1-6-19-13-12-17(5,18)11-9-15-14(2)8-7-10-16(15,3)4/h8-9,11-13,15,18H,6-7,10H2,1-5H3. The van der Waals surface area contributed by atoms with Crippen molar-refractivity contribution in [2.45, 2.75) is 53.1 Å². The minimum absolute atomic E-state index is 0.259. The normalized spacial score (nSPS) is 26.4. The van der Waals surface area contributed by atoms with Crippen LogP contribution >= 0.6 is 0 Å². The highest BCUT2D eigenvalue weighted by Crippen LogP contribution is 2.41. The van der Waals surface area contributed by atoms with E-state index in [-0.39, 0.29) is 5.41 Å². The molecule has 0 spiro atoms. The quantitative estimate of drug-likeness (QED) is 0.595. The van der Waals surface area contributed by atoms with E-state index in [1.54, 1.807) is 19.3 Å². The minimum Gasteiger partial charge on any atom is -0.502 e. The molecule has 0 saturated carbocycles. The smallest absolute Gasteiger partial charge is 0.101 e. The van der Waals surface area contributed by atoms with Crippen LogP contribution in [0.25, 0.3) is 0 Å². The lowest BCUT2D eigenvalue weighted by molar-refractivity contribution is 0.155. The van der Waals surface area contributed by atoms with E-state index in [1.807, 2.05) is 13.0 Å². The number of allylic oxidation sites excluding steroid dienone is 3. The van der Waals surface area contributed by atoms with Crippen LogP contribution in [-0.4, -0.2) is 17.3 Å². The van der Waals surface area contributed by atoms with Crippen LogP contribution < -0.4 is 0 Å². The molecule has 0 fully saturated rings. The van der Waals surface area contributed by atoms with E-state index >= 15 is 0 Å². The van der Waals surface area contributed by atoms with Crippen molar-refractivity contribution < 1.29 is 9.84 Å². The highest BCUT2D eigenvalue weighted by Gasteiger charge is 2.31. The molecule has 1 N–H and O–H groups in total. The molecule has 108 valence electrons. The molecular formula is C17H28O2. The molecule has 0 bridgehead atoms. The summed E-state index contributed by atoms with van der Waals surface area (Å²) in [5, 5.41) is 10.3. The highest BCUT2D eigenvalue weighted by molar-refractivity contribution is 5.22. The van der Waals surface area contributed by atoms with Crippen LogP contribution in [-0.2, 0) is 4.74 Å². The minimum atomic E-state index is -0.955. The Morgan fingerprint density at radius 1 is 1.47 bits per heavy atom. The zero-order valence-corrected chi connectivity index (χ0v) is 12.9. The third-order valence-electron chi connectivity index (χ3n) is 3.88. The van der Waals surface area contributed by atoms with E-state index in [0.29, 0.717) is 12.5 Å². The highest BCUT2D eigenvalue weighted by atomic mass is 16.5. The van der Waals surface area contributed by atoms with Crippen molar-refractivity contribution in [2.75, 3.05) is 6.61 Å². The van der Waals surface area contributed by atoms with Gasteiger partial charge in [0.25, 0.3) is 0 Å². The van der Waals surface area contributed by atoms with Gasteiger partial charge < -0.3 is 9.84 Å². The van der Waals surface area contributed by atoms with Crippen molar-refractivity contribution in [1.29, 1.82) is 0 Å². The summed E-state index contributed by atoms with van der Waals surface area (Å²) in [6.45, 7) is 11.1. The molecule has 19 heavy (non-hydrogen) atoms. The lowest BCUT2D eigenvalue weighted by Gasteiger charge is -2.37. The zero-order valence-electron chi connectivity index (χ0n) is 12.9. The summed E-state index contributed by atoms with van der Waals surface area (Å²) in [5.74, 6) is 0.396. The van der Waals surface area contributed by atoms with Crippen molar-refractivity contribution in [3.8, 4) is 0 Å². The van der Waals surface area contributed by atoms with Gasteiger partial charge in [-0.1, -0.05) is 37.6 Å². The van der Waals surface area contributed by atoms with Crippen molar-refractivity contribution >= 4 is 0 Å². The van der Waals surface area contributed by atoms with E-state index < -0.39 is 5.60 Å². The van der Waals surface area contributed by atoms with Gasteiger partial charge in [-0.2, -0.15) is 0 Å². The molecule has 0 aliphatic heterocycles. The van der Waals surface area contributed by atoms with E-state index in [2.05, 4.69) is 32.9 Å². The first-order valence-electron chi connectivity index (χ1n) is 7.16. The predicted octanol–water partition coefficient (Wildman–Crippen LogP) is 4.23. The monoisotopic (exact) mass is 264 g/mol. The maximum absolute atomic E-state index is 10.3. The summed E-state index contributed by atoms with van der Waals surface area (Å²) in [4.78, 5) is 0. The second-order valence-electron chi connectivity index (χ2n) is 6.30. The number of aliphatic hydroxyl groups is 1. The predicted molar refractivity (Wildman–Crippen MR) is 80.8 cm³/mol. The molecule has 1 rings (SSSR count). The molecule has 0 aromatic carbocycles. The Morgan fingerprint density at radius 2 is 2.16 bits per heavy atom. The molecule has 0 amide bonds. The summed E-state index contributed by atoms with van der Waals surface area (Å²) in [7, 11) is 0. The van der Waals surface area contributed by atoms with Gasteiger partial charge in [-0.25, -0.2) is 0 Å². The second-order valence-corrected chi connectivity index (χ2v) is 6.30. The van der Waals surface area contributed by atoms with Crippen LogP contribution in [0.15, 0.2) is 36.1 Å². The third-order valence-corrected chi connectivity index (χ3v) is 3.88. The van der Waals surface area contributed by atoms with Gasteiger partial charge in [-0.05, 0) is 45.1 Å². The third kappa shape index (κ3) is 4.87. The topological polar surface area (TPSA) is 29.5 Å². The van der Waals surface area contributed by atoms with E-state index in [4.69, 9.17) is 4.74 Å². The average Bonchev–Trinajstić information content (AvgIpc) is 2.27. The summed E-state index contributed by atoms with van der Waals surface area (Å²) >= 11 is 0. The number of hydrogen-bond donors (Lipinski definition) is 1. The Hall–Kier alpha value is -1.02. The van der Waals surface area contributed by atoms with Crippen LogP contribution in [0.5, 0.6) is 0 Å². The molecule has 0 aromatic rings. The Labute approximate surface area is 117 Å². The van der Waals surface area contributed by atoms with Gasteiger partial charge in [0, 0.05) is 5.92 Å². The Balaban J connectivity index is 2.78. The van der Waals surface area contributed by atoms with Crippen LogP contribution in [0.1, 0.15) is 47.5 Å². The molecule has 2 heteroatoms. The molecular weight excluding hydrogens is 236 g/mol. The maximum atomic E-state index is 10.3. The van der Waals surface area contributed by atoms with Gasteiger partial charge in [0.2, 0.25) is 0 Å². The summed E-state index contributed by atoms with van der Waals surface area (Å²) in [6.07, 6.45) is 11.9. The Kier molecular flexibility index (Phi) is 5.42. The Morgan fingerprint density at radius 3 is 2.74 bits per heavy atom. The number of rotatable bonds is 5. The molecule has 2 atom stereocenters. The first-order valence-corrected chi connectivity index (χ1v) is 7.16. The van der Waals surface area contributed by atoms with Crippen molar-refractivity contribution in [2.24, 2.45) is 11.3 Å². The summed E-state index contributed by atoms with van der Waals surface area (Å²) in [6, 6.07) is 0. The summed E-state index contributed by atoms with van der Waals surface area (Å²) < 4.78 is 5.14. The summed E-state index contributed by atoms with van der Waals surface area (Å²) in [5.41, 5.74) is 0.704. The SMILES string of the molecule is CCOC=CC(C)(O)C=CC1C(C)=CCCC1(C)C. The van der Waals surface area contributed by atoms with Crippen molar-refractivity contribution in [3.05, 3.63) is 36.1 Å². The fourth-order valence-electron chi connectivity index (χ4n) is 2.61. The average molecular weight is 264 g/mol. The molecule has 0 heterocycles. The largest absolute Gasteiger partial charge is 0.502 e. The number of ether oxygens (including phenoxy) is 1. The number of hydrogen-bond acceptors (Lipinski definition) is 2. The van der Waals surface area contributed by atoms with Gasteiger partial charge in [0.15, 0.2) is 0 Å². The first kappa shape index (κ1) is 16.0. The maximum Gasteiger partial charge on any atom is 0.101 e. The fourth-order valence-corrected chi connectivity index (χ4v) is 2.61. The fraction of sp³-hybridized carbons (Fsp3) is 0.647. The molecule has 0 aromatic heterocycles. The van der Waals surface area contributed by atoms with Gasteiger partial charge in [0.1, 0.15) is 5.60 Å². The van der Waals surface area contributed by atoms with Gasteiger partial charge in [0.05, 0.1) is 12.9 Å². The molecule has 0 radical (unpaired) electrons.